The molecule has 7 rings (SSSR count). The summed E-state index contributed by atoms with van der Waals surface area (Å²) in [4.78, 5) is 77.1. The lowest BCUT2D eigenvalue weighted by molar-refractivity contribution is -0.171. The van der Waals surface area contributed by atoms with Crippen LogP contribution in [0.25, 0.3) is 0 Å². The number of aryl methyl sites for hydroxylation is 1. The van der Waals surface area contributed by atoms with Gasteiger partial charge in [0, 0.05) is 67.5 Å². The van der Waals surface area contributed by atoms with E-state index in [1.807, 2.05) is 30.3 Å². The van der Waals surface area contributed by atoms with E-state index in [2.05, 4.69) is 70.8 Å². The molecular weight excluding hydrogens is 861 g/mol. The molecule has 0 spiro atoms. The first-order valence-electron chi connectivity index (χ1n) is 25.8. The minimum Gasteiger partial charge on any atom is -0.478 e. The predicted octanol–water partition coefficient (Wildman–Crippen LogP) is 8.93. The summed E-state index contributed by atoms with van der Waals surface area (Å²) in [5.41, 5.74) is 3.61. The van der Waals surface area contributed by atoms with Crippen LogP contribution in [0.4, 0.5) is 16.2 Å². The number of nitrogens with zero attached hydrogens (tertiary/aromatic N) is 5. The number of hydrogen-bond donors (Lipinski definition) is 3. The Bertz CT molecular complexity index is 2210. The van der Waals surface area contributed by atoms with Crippen LogP contribution in [-0.4, -0.2) is 137 Å². The molecule has 10 unspecified atom stereocenters. The lowest BCUT2D eigenvalue weighted by atomic mass is 9.90. The molecule has 372 valence electrons. The Balaban J connectivity index is 1.12. The fraction of sp³-hybridized carbons (Fsp3) is 0.648. The van der Waals surface area contributed by atoms with Gasteiger partial charge in [0.25, 0.3) is 11.8 Å². The molecule has 0 radical (unpaired) electrons. The molecule has 4 saturated heterocycles. The summed E-state index contributed by atoms with van der Waals surface area (Å²) in [7, 11) is 4.15. The van der Waals surface area contributed by atoms with Gasteiger partial charge in [0.2, 0.25) is 0 Å². The number of amides is 4. The fourth-order valence-electron chi connectivity index (χ4n) is 13.8. The van der Waals surface area contributed by atoms with Gasteiger partial charge in [0.15, 0.2) is 0 Å². The molecule has 3 N–H and O–H groups in total. The minimum atomic E-state index is -0.971. The minimum absolute atomic E-state index is 0.0728. The zero-order valence-electron chi connectivity index (χ0n) is 42.1. The summed E-state index contributed by atoms with van der Waals surface area (Å²) in [5.74, 6) is -3.31. The molecule has 2 aromatic rings. The number of carboxylic acid groups (broad SMARTS) is 2. The number of carbonyl (C=O) groups excluding carboxylic acids is 3. The normalized spacial score (nSPS) is 32.5. The molecule has 4 aliphatic heterocycles. The number of barbiturate groups is 1. The van der Waals surface area contributed by atoms with Gasteiger partial charge in [-0.3, -0.25) is 33.6 Å². The molecule has 14 heteroatoms. The van der Waals surface area contributed by atoms with Crippen LogP contribution >= 0.6 is 0 Å². The molecule has 5 fully saturated rings. The summed E-state index contributed by atoms with van der Waals surface area (Å²) < 4.78 is 1.33. The molecule has 5 aliphatic rings. The van der Waals surface area contributed by atoms with Crippen molar-refractivity contribution in [2.24, 2.45) is 11.8 Å². The van der Waals surface area contributed by atoms with E-state index >= 15 is 0 Å². The van der Waals surface area contributed by atoms with Crippen LogP contribution in [0.1, 0.15) is 151 Å². The Morgan fingerprint density at radius 2 is 1.54 bits per heavy atom. The summed E-state index contributed by atoms with van der Waals surface area (Å²) in [5, 5.41) is 23.3. The van der Waals surface area contributed by atoms with Crippen LogP contribution < -0.4 is 14.3 Å². The van der Waals surface area contributed by atoms with Crippen molar-refractivity contribution in [1.29, 1.82) is 0 Å². The SMILES string of the molecule is CCCCCC[N+]1(c2cc(C(=O)O)ccc2C)C(C)CC(CN2CC(N(C)C)CC2CON2C(=O)NC(=O)C(=CC3CC(C)[N+](c4cccc(C(=O)O)c4)(C4CCCCCCC4)C3C)C2=O)C1C. The highest BCUT2D eigenvalue weighted by atomic mass is 16.7. The molecule has 2 aromatic carbocycles. The van der Waals surface area contributed by atoms with Crippen molar-refractivity contribution in [2.75, 3.05) is 40.3 Å². The number of aromatic carboxylic acids is 2. The maximum atomic E-state index is 14.4. The summed E-state index contributed by atoms with van der Waals surface area (Å²) in [6.07, 6.45) is 16.4. The average molecular weight is 941 g/mol. The van der Waals surface area contributed by atoms with Gasteiger partial charge >= 0.3 is 18.0 Å². The van der Waals surface area contributed by atoms with E-state index in [-0.39, 0.29) is 71.9 Å². The third kappa shape index (κ3) is 9.95. The lowest BCUT2D eigenvalue weighted by Gasteiger charge is -2.49. The third-order valence-electron chi connectivity index (χ3n) is 17.5. The number of nitrogens with one attached hydrogen (secondary N) is 1. The van der Waals surface area contributed by atoms with Gasteiger partial charge in [-0.25, -0.2) is 14.4 Å². The Kier molecular flexibility index (Phi) is 16.4. The standard InChI is InChI=1S/C54H78N6O8/c1-9-10-11-17-25-59(49-30-41(53(65)66)24-23-35(49)2)36(3)26-43(38(59)5)32-57-33-44(56(7)8)31-45(57)34-68-58-51(62)48(50(61)55-54(58)67)29-42-27-37(4)60(39(42)6,46-20-15-13-12-14-16-21-46)47-22-18-19-40(28-47)52(63)64/h18-19,22-24,28-30,36-39,42-46H,9-17,20-21,25-27,31-34H2,1-8H3,(H-2,55,61,63,64,65,66,67)/p+2. The zero-order valence-corrected chi connectivity index (χ0v) is 42.1. The molecule has 4 amide bonds. The van der Waals surface area contributed by atoms with Gasteiger partial charge in [-0.15, -0.1) is 5.06 Å². The predicted molar refractivity (Wildman–Crippen MR) is 266 cm³/mol. The number of likely N-dealkylation sites (N-methyl/N-ethyl adjacent to an activating group) is 1. The smallest absolute Gasteiger partial charge is 0.356 e. The van der Waals surface area contributed by atoms with E-state index in [4.69, 9.17) is 4.84 Å². The number of carboxylic acids is 2. The van der Waals surface area contributed by atoms with Crippen molar-refractivity contribution in [1.82, 2.24) is 29.1 Å². The van der Waals surface area contributed by atoms with Crippen molar-refractivity contribution in [2.45, 2.75) is 174 Å². The number of likely N-dealkylation sites (tertiary alicyclic amines) is 3. The Morgan fingerprint density at radius 1 is 0.853 bits per heavy atom. The van der Waals surface area contributed by atoms with E-state index in [9.17, 15) is 34.2 Å². The lowest BCUT2D eigenvalue weighted by Crippen LogP contribution is -2.63. The van der Waals surface area contributed by atoms with Crippen LogP contribution in [-0.2, 0) is 14.4 Å². The molecule has 1 aliphatic carbocycles. The molecular formula is C54H80N6O8+2. The number of hydrogen-bond acceptors (Lipinski definition) is 8. The van der Waals surface area contributed by atoms with E-state index < -0.39 is 29.8 Å². The van der Waals surface area contributed by atoms with E-state index in [0.29, 0.717) is 16.5 Å². The van der Waals surface area contributed by atoms with Crippen LogP contribution in [0, 0.1) is 18.8 Å². The molecule has 1 saturated carbocycles. The average Bonchev–Trinajstić information content (AvgIpc) is 3.89. The summed E-state index contributed by atoms with van der Waals surface area (Å²) in [6.45, 7) is 16.0. The first kappa shape index (κ1) is 51.4. The van der Waals surface area contributed by atoms with Crippen molar-refractivity contribution in [3.63, 3.8) is 0 Å². The van der Waals surface area contributed by atoms with Crippen molar-refractivity contribution < 1.29 is 39.0 Å². The topological polar surface area (TPSA) is 157 Å². The van der Waals surface area contributed by atoms with Crippen LogP contribution in [0.15, 0.2) is 54.1 Å². The number of unbranched alkanes of at least 4 members (excludes halogenated alkanes) is 3. The van der Waals surface area contributed by atoms with Gasteiger partial charge in [-0.1, -0.05) is 57.2 Å². The monoisotopic (exact) mass is 941 g/mol. The second kappa shape index (κ2) is 21.7. The summed E-state index contributed by atoms with van der Waals surface area (Å²) in [6, 6.07) is 12.8. The molecule has 0 bridgehead atoms. The number of urea groups is 1. The Hall–Kier alpha value is -4.47. The molecule has 68 heavy (non-hydrogen) atoms. The number of quaternary nitrogens is 2. The van der Waals surface area contributed by atoms with E-state index in [0.717, 1.165) is 123 Å². The highest BCUT2D eigenvalue weighted by Crippen LogP contribution is 2.49. The number of carbonyl (C=O) groups is 5. The second-order valence-corrected chi connectivity index (χ2v) is 21.5. The van der Waals surface area contributed by atoms with Crippen LogP contribution in [0.3, 0.4) is 0 Å². The second-order valence-electron chi connectivity index (χ2n) is 21.5. The van der Waals surface area contributed by atoms with Gasteiger partial charge < -0.3 is 15.1 Å². The molecule has 0 aromatic heterocycles. The Labute approximate surface area is 404 Å². The van der Waals surface area contributed by atoms with Gasteiger partial charge in [0.05, 0.1) is 54.5 Å². The van der Waals surface area contributed by atoms with Gasteiger partial charge in [0.1, 0.15) is 16.9 Å². The quantitative estimate of drug-likeness (QED) is 0.0606. The van der Waals surface area contributed by atoms with Crippen molar-refractivity contribution in [3.8, 4) is 0 Å². The zero-order chi connectivity index (χ0) is 49.1. The first-order valence-corrected chi connectivity index (χ1v) is 25.8. The molecule has 14 nitrogen and oxygen atoms in total. The van der Waals surface area contributed by atoms with E-state index in [1.165, 1.54) is 6.42 Å². The van der Waals surface area contributed by atoms with E-state index in [1.54, 1.807) is 18.2 Å². The number of benzene rings is 2. The Morgan fingerprint density at radius 3 is 2.22 bits per heavy atom. The van der Waals surface area contributed by atoms with Gasteiger partial charge in [-0.05, 0) is 112 Å². The highest BCUT2D eigenvalue weighted by molar-refractivity contribution is 6.28. The summed E-state index contributed by atoms with van der Waals surface area (Å²) >= 11 is 0. The van der Waals surface area contributed by atoms with Crippen molar-refractivity contribution >= 4 is 41.2 Å². The molecule has 4 heterocycles. The largest absolute Gasteiger partial charge is 0.478 e. The number of hydroxylamine groups is 2. The van der Waals surface area contributed by atoms with Gasteiger partial charge in [-0.2, -0.15) is 0 Å². The third-order valence-corrected chi connectivity index (χ3v) is 17.5. The maximum absolute atomic E-state index is 14.4. The highest BCUT2D eigenvalue weighted by Gasteiger charge is 2.57. The first-order chi connectivity index (χ1) is 32.4. The van der Waals surface area contributed by atoms with Crippen molar-refractivity contribution in [3.05, 3.63) is 70.8 Å². The number of imide groups is 2. The van der Waals surface area contributed by atoms with Crippen LogP contribution in [0.2, 0.25) is 0 Å². The fourth-order valence-corrected chi connectivity index (χ4v) is 13.8. The maximum Gasteiger partial charge on any atom is 0.356 e. The van der Waals surface area contributed by atoms with Crippen LogP contribution in [0.5, 0.6) is 0 Å². The number of rotatable bonds is 17. The molecule has 10 atom stereocenters.